The summed E-state index contributed by atoms with van der Waals surface area (Å²) in [5, 5.41) is 8.86. The molecule has 0 bridgehead atoms. The lowest BCUT2D eigenvalue weighted by molar-refractivity contribution is 0.0110. The minimum absolute atomic E-state index is 0.0157. The van der Waals surface area contributed by atoms with E-state index in [1.54, 1.807) is 36.4 Å². The fourth-order valence-electron chi connectivity index (χ4n) is 1.38. The van der Waals surface area contributed by atoms with E-state index in [1.807, 2.05) is 0 Å². The molecule has 0 saturated carbocycles. The van der Waals surface area contributed by atoms with Gasteiger partial charge in [-0.05, 0) is 12.5 Å². The van der Waals surface area contributed by atoms with Crippen LogP contribution in [0.3, 0.4) is 0 Å². The highest BCUT2D eigenvalue weighted by Gasteiger charge is 2.38. The molecule has 2 atom stereocenters. The third-order valence-electron chi connectivity index (χ3n) is 2.39. The molecule has 2 N–H and O–H groups in total. The molecule has 5 heteroatoms. The van der Waals surface area contributed by atoms with Crippen molar-refractivity contribution in [2.24, 2.45) is 5.73 Å². The molecule has 0 aliphatic heterocycles. The number of nitriles is 1. The number of primary amides is 1. The van der Waals surface area contributed by atoms with E-state index in [1.165, 1.54) is 6.92 Å². The van der Waals surface area contributed by atoms with Crippen LogP contribution in [0.25, 0.3) is 0 Å². The maximum atomic E-state index is 13.9. The number of nitrogens with two attached hydrogens (primary N) is 1. The molecule has 0 spiro atoms. The average Bonchev–Trinajstić information content (AvgIpc) is 2.29. The van der Waals surface area contributed by atoms with Crippen LogP contribution in [0.1, 0.15) is 12.5 Å². The number of halogens is 1. The van der Waals surface area contributed by atoms with Crippen molar-refractivity contribution >= 4 is 6.09 Å². The maximum Gasteiger partial charge on any atom is 0.406 e. The molecule has 1 aromatic carbocycles. The summed E-state index contributed by atoms with van der Waals surface area (Å²) in [5.41, 5.74) is 3.66. The number of rotatable bonds is 4. The summed E-state index contributed by atoms with van der Waals surface area (Å²) in [4.78, 5) is 10.6. The highest BCUT2D eigenvalue weighted by atomic mass is 19.1. The standard InChI is InChI=1S/C12H13FN2O2/c1-12(8-14,17-11(15)16)10(13)7-9-5-3-2-4-6-9/h2-6,10H,7H2,1H3,(H2,15,16). The Kier molecular flexibility index (Phi) is 4.05. The van der Waals surface area contributed by atoms with Crippen LogP contribution in [0.2, 0.25) is 0 Å². The van der Waals surface area contributed by atoms with Crippen LogP contribution in [-0.2, 0) is 11.2 Å². The molecule has 0 saturated heterocycles. The van der Waals surface area contributed by atoms with Gasteiger partial charge in [0.2, 0.25) is 5.60 Å². The van der Waals surface area contributed by atoms with Gasteiger partial charge in [0.25, 0.3) is 0 Å². The minimum atomic E-state index is -1.86. The van der Waals surface area contributed by atoms with Crippen LogP contribution in [0.4, 0.5) is 9.18 Å². The van der Waals surface area contributed by atoms with Crippen LogP contribution < -0.4 is 5.73 Å². The predicted molar refractivity (Wildman–Crippen MR) is 59.7 cm³/mol. The largest absolute Gasteiger partial charge is 0.425 e. The van der Waals surface area contributed by atoms with E-state index < -0.39 is 17.9 Å². The first kappa shape index (κ1) is 13.0. The Morgan fingerprint density at radius 3 is 2.65 bits per heavy atom. The number of benzene rings is 1. The van der Waals surface area contributed by atoms with E-state index in [2.05, 4.69) is 4.74 Å². The Labute approximate surface area is 98.8 Å². The van der Waals surface area contributed by atoms with Gasteiger partial charge in [-0.3, -0.25) is 0 Å². The predicted octanol–water partition coefficient (Wildman–Crippen LogP) is 1.94. The molecule has 0 fully saturated rings. The number of amides is 1. The number of ether oxygens (including phenoxy) is 1. The topological polar surface area (TPSA) is 76.1 Å². The zero-order chi connectivity index (χ0) is 12.9. The van der Waals surface area contributed by atoms with Gasteiger partial charge in [0.1, 0.15) is 6.07 Å². The number of nitrogens with zero attached hydrogens (tertiary/aromatic N) is 1. The highest BCUT2D eigenvalue weighted by molar-refractivity contribution is 5.65. The van der Waals surface area contributed by atoms with Crippen LogP contribution in [-0.4, -0.2) is 17.9 Å². The van der Waals surface area contributed by atoms with Crippen LogP contribution in [0.15, 0.2) is 30.3 Å². The second-order valence-corrected chi connectivity index (χ2v) is 3.80. The van der Waals surface area contributed by atoms with E-state index in [0.29, 0.717) is 0 Å². The van der Waals surface area contributed by atoms with Crippen molar-refractivity contribution in [2.75, 3.05) is 0 Å². The molecule has 90 valence electrons. The minimum Gasteiger partial charge on any atom is -0.425 e. The van der Waals surface area contributed by atoms with Crippen molar-refractivity contribution in [3.8, 4) is 6.07 Å². The number of hydrogen-bond donors (Lipinski definition) is 1. The second kappa shape index (κ2) is 5.30. The van der Waals surface area contributed by atoms with Gasteiger partial charge in [-0.25, -0.2) is 9.18 Å². The zero-order valence-electron chi connectivity index (χ0n) is 9.39. The van der Waals surface area contributed by atoms with Crippen molar-refractivity contribution in [1.82, 2.24) is 0 Å². The van der Waals surface area contributed by atoms with E-state index >= 15 is 0 Å². The van der Waals surface area contributed by atoms with E-state index in [4.69, 9.17) is 11.0 Å². The molecule has 4 nitrogen and oxygen atoms in total. The van der Waals surface area contributed by atoms with Crippen molar-refractivity contribution in [3.63, 3.8) is 0 Å². The SMILES string of the molecule is CC(C#N)(OC(N)=O)C(F)Cc1ccccc1. The normalized spacial score (nSPS) is 15.4. The van der Waals surface area contributed by atoms with Gasteiger partial charge >= 0.3 is 6.09 Å². The van der Waals surface area contributed by atoms with Gasteiger partial charge in [0, 0.05) is 6.42 Å². The van der Waals surface area contributed by atoms with Crippen molar-refractivity contribution < 1.29 is 13.9 Å². The number of hydrogen-bond acceptors (Lipinski definition) is 3. The first-order valence-corrected chi connectivity index (χ1v) is 5.05. The molecular formula is C12H13FN2O2. The monoisotopic (exact) mass is 236 g/mol. The Bertz CT molecular complexity index is 430. The summed E-state index contributed by atoms with van der Waals surface area (Å²) < 4.78 is 18.5. The van der Waals surface area contributed by atoms with Gasteiger partial charge < -0.3 is 10.5 Å². The summed E-state index contributed by atoms with van der Waals surface area (Å²) in [6.45, 7) is 1.20. The lowest BCUT2D eigenvalue weighted by Crippen LogP contribution is -2.42. The van der Waals surface area contributed by atoms with Gasteiger partial charge in [-0.15, -0.1) is 0 Å². The number of alkyl halides is 1. The lowest BCUT2D eigenvalue weighted by atomic mass is 9.96. The Morgan fingerprint density at radius 1 is 1.59 bits per heavy atom. The second-order valence-electron chi connectivity index (χ2n) is 3.80. The van der Waals surface area contributed by atoms with Gasteiger partial charge in [0.05, 0.1) is 0 Å². The van der Waals surface area contributed by atoms with Crippen molar-refractivity contribution in [2.45, 2.75) is 25.1 Å². The number of carbonyl (C=O) groups is 1. The fraction of sp³-hybridized carbons (Fsp3) is 0.333. The molecule has 0 aromatic heterocycles. The van der Waals surface area contributed by atoms with Gasteiger partial charge in [0.15, 0.2) is 6.17 Å². The zero-order valence-corrected chi connectivity index (χ0v) is 9.39. The van der Waals surface area contributed by atoms with Crippen LogP contribution >= 0.6 is 0 Å². The Hall–Kier alpha value is -2.09. The molecule has 1 rings (SSSR count). The van der Waals surface area contributed by atoms with Crippen LogP contribution in [0, 0.1) is 11.3 Å². The van der Waals surface area contributed by atoms with E-state index in [0.717, 1.165) is 5.56 Å². The van der Waals surface area contributed by atoms with Crippen molar-refractivity contribution in [3.05, 3.63) is 35.9 Å². The van der Waals surface area contributed by atoms with E-state index in [-0.39, 0.29) is 6.42 Å². The summed E-state index contributed by atoms with van der Waals surface area (Å²) in [7, 11) is 0. The first-order chi connectivity index (χ1) is 7.98. The third-order valence-corrected chi connectivity index (χ3v) is 2.39. The Balaban J connectivity index is 2.77. The molecule has 1 aromatic rings. The maximum absolute atomic E-state index is 13.9. The van der Waals surface area contributed by atoms with E-state index in [9.17, 15) is 9.18 Å². The van der Waals surface area contributed by atoms with Crippen molar-refractivity contribution in [1.29, 1.82) is 5.26 Å². The number of carbonyl (C=O) groups excluding carboxylic acids is 1. The van der Waals surface area contributed by atoms with Gasteiger partial charge in [-0.2, -0.15) is 5.26 Å². The molecule has 0 radical (unpaired) electrons. The smallest absolute Gasteiger partial charge is 0.406 e. The Morgan fingerprint density at radius 2 is 2.18 bits per heavy atom. The third kappa shape index (κ3) is 3.45. The molecular weight excluding hydrogens is 223 g/mol. The molecule has 17 heavy (non-hydrogen) atoms. The summed E-state index contributed by atoms with van der Waals surface area (Å²) in [6, 6.07) is 10.4. The molecule has 0 heterocycles. The quantitative estimate of drug-likeness (QED) is 0.867. The fourth-order valence-corrected chi connectivity index (χ4v) is 1.38. The molecule has 2 unspecified atom stereocenters. The molecule has 1 amide bonds. The van der Waals surface area contributed by atoms with Crippen LogP contribution in [0.5, 0.6) is 0 Å². The van der Waals surface area contributed by atoms with Gasteiger partial charge in [-0.1, -0.05) is 30.3 Å². The average molecular weight is 236 g/mol. The summed E-state index contributed by atoms with van der Waals surface area (Å²) in [6.07, 6.45) is -2.81. The first-order valence-electron chi connectivity index (χ1n) is 5.05. The molecule has 0 aliphatic carbocycles. The lowest BCUT2D eigenvalue weighted by Gasteiger charge is -2.24. The summed E-state index contributed by atoms with van der Waals surface area (Å²) >= 11 is 0. The molecule has 0 aliphatic rings. The summed E-state index contributed by atoms with van der Waals surface area (Å²) in [5.74, 6) is 0. The highest BCUT2D eigenvalue weighted by Crippen LogP contribution is 2.21.